The Morgan fingerprint density at radius 1 is 1.00 bits per heavy atom. The highest BCUT2D eigenvalue weighted by molar-refractivity contribution is 7.81. The van der Waals surface area contributed by atoms with Crippen LogP contribution >= 0.6 is 23.8 Å². The molecule has 26 heavy (non-hydrogen) atoms. The van der Waals surface area contributed by atoms with Gasteiger partial charge < -0.3 is 4.90 Å². The number of benzene rings is 2. The predicted octanol–water partition coefficient (Wildman–Crippen LogP) is 4.00. The van der Waals surface area contributed by atoms with Crippen molar-refractivity contribution < 1.29 is 4.79 Å². The normalized spacial score (nSPS) is 15.7. The Bertz CT molecular complexity index is 1000. The second-order valence-corrected chi connectivity index (χ2v) is 7.05. The first kappa shape index (κ1) is 17.9. The van der Waals surface area contributed by atoms with Crippen molar-refractivity contribution in [2.45, 2.75) is 19.4 Å². The molecule has 1 amide bonds. The quantitative estimate of drug-likeness (QED) is 0.736. The first-order valence-electron chi connectivity index (χ1n) is 7.70. The summed E-state index contributed by atoms with van der Waals surface area (Å²) in [4.78, 5) is 16.2. The van der Waals surface area contributed by atoms with Crippen molar-refractivity contribution in [2.24, 2.45) is 0 Å². The molecule has 2 aromatic rings. The fourth-order valence-corrected chi connectivity index (χ4v) is 3.56. The molecule has 128 valence electrons. The van der Waals surface area contributed by atoms with Crippen LogP contribution in [-0.4, -0.2) is 16.6 Å². The number of rotatable bonds is 2. The van der Waals surface area contributed by atoms with E-state index >= 15 is 0 Å². The molecule has 1 fully saturated rings. The predicted molar refractivity (Wildman–Crippen MR) is 104 cm³/mol. The Morgan fingerprint density at radius 2 is 1.58 bits per heavy atom. The number of thiocarbonyl (C=S) groups is 1. The Morgan fingerprint density at radius 3 is 2.15 bits per heavy atom. The zero-order valence-corrected chi connectivity index (χ0v) is 15.6. The molecule has 1 aliphatic rings. The average molecular weight is 381 g/mol. The summed E-state index contributed by atoms with van der Waals surface area (Å²) in [5.41, 5.74) is 0.742. The van der Waals surface area contributed by atoms with Gasteiger partial charge in [0, 0.05) is 10.7 Å². The summed E-state index contributed by atoms with van der Waals surface area (Å²) in [6.45, 7) is 3.57. The highest BCUT2D eigenvalue weighted by Crippen LogP contribution is 2.37. The van der Waals surface area contributed by atoms with E-state index in [2.05, 4.69) is 0 Å². The van der Waals surface area contributed by atoms with E-state index in [0.717, 1.165) is 5.69 Å². The minimum atomic E-state index is -0.911. The summed E-state index contributed by atoms with van der Waals surface area (Å²) in [5.74, 6) is -0.217. The van der Waals surface area contributed by atoms with Crippen molar-refractivity contribution in [1.29, 1.82) is 10.5 Å². The zero-order valence-electron chi connectivity index (χ0n) is 14.0. The third-order valence-corrected chi connectivity index (χ3v) is 4.87. The smallest absolute Gasteiger partial charge is 0.259 e. The summed E-state index contributed by atoms with van der Waals surface area (Å²) in [5, 5.41) is 19.2. The van der Waals surface area contributed by atoms with Crippen molar-refractivity contribution in [3.8, 4) is 12.1 Å². The molecular weight excluding hydrogens is 368 g/mol. The number of anilines is 2. The van der Waals surface area contributed by atoms with E-state index in [-0.39, 0.29) is 17.0 Å². The molecule has 0 radical (unpaired) electrons. The van der Waals surface area contributed by atoms with Gasteiger partial charge in [-0.1, -0.05) is 11.6 Å². The molecule has 1 saturated heterocycles. The van der Waals surface area contributed by atoms with E-state index in [1.165, 1.54) is 17.0 Å². The maximum absolute atomic E-state index is 13.1. The van der Waals surface area contributed by atoms with Crippen molar-refractivity contribution >= 4 is 46.2 Å². The van der Waals surface area contributed by atoms with Gasteiger partial charge in [-0.25, -0.2) is 0 Å². The number of nitrogens with zero attached hydrogens (tertiary/aromatic N) is 4. The maximum atomic E-state index is 13.1. The van der Waals surface area contributed by atoms with Crippen molar-refractivity contribution in [3.05, 3.63) is 58.6 Å². The van der Waals surface area contributed by atoms with E-state index < -0.39 is 5.54 Å². The van der Waals surface area contributed by atoms with Crippen LogP contribution in [0.4, 0.5) is 11.4 Å². The lowest BCUT2D eigenvalue weighted by Gasteiger charge is -2.29. The van der Waals surface area contributed by atoms with Gasteiger partial charge in [-0.05, 0) is 68.5 Å². The van der Waals surface area contributed by atoms with Crippen LogP contribution in [0, 0.1) is 22.7 Å². The molecule has 7 heteroatoms. The van der Waals surface area contributed by atoms with Crippen LogP contribution in [-0.2, 0) is 4.79 Å². The number of hydrogen-bond donors (Lipinski definition) is 0. The Labute approximate surface area is 161 Å². The van der Waals surface area contributed by atoms with Crippen molar-refractivity contribution in [3.63, 3.8) is 0 Å². The van der Waals surface area contributed by atoms with Gasteiger partial charge in [0.05, 0.1) is 16.8 Å². The van der Waals surface area contributed by atoms with Crippen LogP contribution in [0.2, 0.25) is 5.02 Å². The Hall–Kier alpha value is -2.93. The fraction of sp³-hybridized carbons (Fsp3) is 0.158. The number of carbonyl (C=O) groups excluding carboxylic acids is 1. The van der Waals surface area contributed by atoms with Crippen LogP contribution in [0.5, 0.6) is 0 Å². The van der Waals surface area contributed by atoms with E-state index in [0.29, 0.717) is 15.8 Å². The van der Waals surface area contributed by atoms with Crippen LogP contribution in [0.3, 0.4) is 0 Å². The van der Waals surface area contributed by atoms with Gasteiger partial charge in [0.25, 0.3) is 5.91 Å². The molecule has 0 aliphatic carbocycles. The largest absolute Gasteiger partial charge is 0.304 e. The van der Waals surface area contributed by atoms with Crippen molar-refractivity contribution in [2.75, 3.05) is 9.80 Å². The number of halogens is 1. The Kier molecular flexibility index (Phi) is 4.41. The van der Waals surface area contributed by atoms with Crippen LogP contribution in [0.25, 0.3) is 0 Å². The summed E-state index contributed by atoms with van der Waals surface area (Å²) in [6, 6.07) is 15.6. The summed E-state index contributed by atoms with van der Waals surface area (Å²) < 4.78 is 0. The summed E-state index contributed by atoms with van der Waals surface area (Å²) in [7, 11) is 0. The second-order valence-electron chi connectivity index (χ2n) is 6.25. The topological polar surface area (TPSA) is 71.1 Å². The third kappa shape index (κ3) is 2.70. The molecule has 0 unspecified atom stereocenters. The molecule has 0 spiro atoms. The average Bonchev–Trinajstić information content (AvgIpc) is 2.80. The molecule has 0 aromatic heterocycles. The lowest BCUT2D eigenvalue weighted by molar-refractivity contribution is -0.120. The number of amides is 1. The molecule has 1 heterocycles. The van der Waals surface area contributed by atoms with E-state index in [4.69, 9.17) is 29.1 Å². The van der Waals surface area contributed by atoms with Crippen molar-refractivity contribution in [1.82, 2.24) is 0 Å². The standard InChI is InChI=1S/C19H13ClN4OS/c1-19(2)17(25)23(16-6-3-12(10-21)13(9-16)11-22)18(26)24(19)15-7-4-14(20)5-8-15/h3-9H,1-2H3. The molecule has 2 aromatic carbocycles. The molecule has 0 bridgehead atoms. The Balaban J connectivity index is 2.09. The lowest BCUT2D eigenvalue weighted by atomic mass is 10.0. The van der Waals surface area contributed by atoms with Gasteiger partial charge in [0.1, 0.15) is 17.7 Å². The third-order valence-electron chi connectivity index (χ3n) is 4.26. The first-order valence-corrected chi connectivity index (χ1v) is 8.48. The zero-order chi connectivity index (χ0) is 19.1. The molecule has 0 N–H and O–H groups in total. The summed E-state index contributed by atoms with van der Waals surface area (Å²) >= 11 is 11.5. The minimum absolute atomic E-state index is 0.198. The molecule has 3 rings (SSSR count). The minimum Gasteiger partial charge on any atom is -0.304 e. The number of carbonyl (C=O) groups is 1. The van der Waals surface area contributed by atoms with E-state index in [9.17, 15) is 10.1 Å². The van der Waals surface area contributed by atoms with E-state index in [1.54, 1.807) is 49.1 Å². The van der Waals surface area contributed by atoms with Crippen LogP contribution < -0.4 is 9.80 Å². The SMILES string of the molecule is CC1(C)C(=O)N(c2ccc(C#N)c(C#N)c2)C(=S)N1c1ccc(Cl)cc1. The van der Waals surface area contributed by atoms with Gasteiger partial charge in [0.15, 0.2) is 5.11 Å². The van der Waals surface area contributed by atoms with Gasteiger partial charge in [-0.3, -0.25) is 9.69 Å². The molecule has 1 aliphatic heterocycles. The lowest BCUT2D eigenvalue weighted by Crippen LogP contribution is -2.44. The van der Waals surface area contributed by atoms with Gasteiger partial charge in [-0.2, -0.15) is 10.5 Å². The van der Waals surface area contributed by atoms with Crippen LogP contribution in [0.15, 0.2) is 42.5 Å². The molecule has 5 nitrogen and oxygen atoms in total. The van der Waals surface area contributed by atoms with Gasteiger partial charge in [0.2, 0.25) is 0 Å². The monoisotopic (exact) mass is 380 g/mol. The van der Waals surface area contributed by atoms with Gasteiger partial charge >= 0.3 is 0 Å². The highest BCUT2D eigenvalue weighted by atomic mass is 35.5. The van der Waals surface area contributed by atoms with Crippen LogP contribution in [0.1, 0.15) is 25.0 Å². The molecule has 0 saturated carbocycles. The summed E-state index contributed by atoms with van der Waals surface area (Å²) in [6.07, 6.45) is 0. The molecular formula is C19H13ClN4OS. The van der Waals surface area contributed by atoms with Gasteiger partial charge in [-0.15, -0.1) is 0 Å². The number of nitriles is 2. The highest BCUT2D eigenvalue weighted by Gasteiger charge is 2.50. The fourth-order valence-electron chi connectivity index (χ4n) is 2.91. The first-order chi connectivity index (χ1) is 12.3. The maximum Gasteiger partial charge on any atom is 0.259 e. The molecule has 0 atom stereocenters. The van der Waals surface area contributed by atoms with E-state index in [1.807, 2.05) is 12.1 Å². The number of hydrogen-bond acceptors (Lipinski definition) is 4. The second kappa shape index (κ2) is 6.42.